The molecular weight excluding hydrogens is 124 g/mol. The molecule has 0 unspecified atom stereocenters. The number of hydrogen-bond donors (Lipinski definition) is 1. The minimum absolute atomic E-state index is 0.611. The molecule has 0 aromatic carbocycles. The first kappa shape index (κ1) is 9.11. The smallest absolute Gasteiger partial charge is 0.0267 e. The van der Waals surface area contributed by atoms with Crippen LogP contribution < -0.4 is 5.73 Å². The first-order valence-corrected chi connectivity index (χ1v) is 3.37. The van der Waals surface area contributed by atoms with Gasteiger partial charge in [-0.25, -0.2) is 0 Å². The van der Waals surface area contributed by atoms with Crippen molar-refractivity contribution in [2.45, 2.75) is 13.3 Å². The van der Waals surface area contributed by atoms with Gasteiger partial charge in [-0.2, -0.15) is 0 Å². The molecule has 10 heavy (non-hydrogen) atoms. The van der Waals surface area contributed by atoms with E-state index in [2.05, 4.69) is 18.5 Å². The number of nitrogens with zero attached hydrogens (tertiary/aromatic N) is 1. The van der Waals surface area contributed by atoms with Crippen molar-refractivity contribution in [3.63, 3.8) is 0 Å². The first-order valence-electron chi connectivity index (χ1n) is 3.37. The van der Waals surface area contributed by atoms with Crippen LogP contribution >= 0.6 is 0 Å². The summed E-state index contributed by atoms with van der Waals surface area (Å²) in [6.07, 6.45) is 6.11. The number of nitrogens with two attached hydrogens (primary N) is 1. The van der Waals surface area contributed by atoms with Gasteiger partial charge in [0.2, 0.25) is 0 Å². The molecule has 0 radical (unpaired) electrons. The summed E-state index contributed by atoms with van der Waals surface area (Å²) in [5, 5.41) is 0. The van der Waals surface area contributed by atoms with Crippen LogP contribution in [0.1, 0.15) is 13.3 Å². The van der Waals surface area contributed by atoms with Crippen LogP contribution in [-0.2, 0) is 0 Å². The lowest BCUT2D eigenvalue weighted by Gasteiger charge is -1.94. The molecule has 2 heteroatoms. The van der Waals surface area contributed by atoms with E-state index in [4.69, 9.17) is 5.73 Å². The monoisotopic (exact) mass is 138 g/mol. The summed E-state index contributed by atoms with van der Waals surface area (Å²) < 4.78 is 0. The molecule has 0 aromatic heterocycles. The third-order valence-corrected chi connectivity index (χ3v) is 1.22. The fraction of sp³-hybridized carbons (Fsp3) is 0.375. The number of allylic oxidation sites excluding steroid dienone is 1. The average Bonchev–Trinajstić information content (AvgIpc) is 1.99. The van der Waals surface area contributed by atoms with Gasteiger partial charge >= 0.3 is 0 Å². The van der Waals surface area contributed by atoms with Crippen LogP contribution in [0, 0.1) is 0 Å². The first-order chi connectivity index (χ1) is 4.85. The summed E-state index contributed by atoms with van der Waals surface area (Å²) in [4.78, 5) is 3.81. The summed E-state index contributed by atoms with van der Waals surface area (Å²) in [6.45, 7) is 6.13. The Kier molecular flexibility index (Phi) is 5.68. The third kappa shape index (κ3) is 4.04. The molecule has 0 saturated heterocycles. The largest absolute Gasteiger partial charge is 0.327 e. The molecule has 0 aliphatic carbocycles. The number of aliphatic imine (C=N–C) groups is 1. The molecular formula is C8H14N2. The number of hydrogen-bond acceptors (Lipinski definition) is 2. The Morgan fingerprint density at radius 2 is 2.40 bits per heavy atom. The second-order valence-electron chi connectivity index (χ2n) is 1.86. The molecule has 0 spiro atoms. The zero-order valence-corrected chi connectivity index (χ0v) is 6.38. The van der Waals surface area contributed by atoms with Gasteiger partial charge in [0.15, 0.2) is 0 Å². The van der Waals surface area contributed by atoms with E-state index in [-0.39, 0.29) is 0 Å². The van der Waals surface area contributed by atoms with Crippen molar-refractivity contribution in [1.82, 2.24) is 0 Å². The summed E-state index contributed by atoms with van der Waals surface area (Å²) in [5.41, 5.74) is 6.61. The highest BCUT2D eigenvalue weighted by atomic mass is 14.6. The molecule has 0 amide bonds. The molecule has 0 rings (SSSR count). The molecule has 0 aliphatic heterocycles. The van der Waals surface area contributed by atoms with E-state index < -0.39 is 0 Å². The van der Waals surface area contributed by atoms with E-state index in [0.717, 1.165) is 6.42 Å². The second-order valence-corrected chi connectivity index (χ2v) is 1.86. The summed E-state index contributed by atoms with van der Waals surface area (Å²) in [7, 11) is 0. The van der Waals surface area contributed by atoms with Crippen molar-refractivity contribution in [1.29, 1.82) is 0 Å². The van der Waals surface area contributed by atoms with Gasteiger partial charge in [0.05, 0.1) is 0 Å². The van der Waals surface area contributed by atoms with Crippen LogP contribution in [0.5, 0.6) is 0 Å². The Morgan fingerprint density at radius 3 is 2.80 bits per heavy atom. The Morgan fingerprint density at radius 1 is 1.70 bits per heavy atom. The van der Waals surface area contributed by atoms with Crippen LogP contribution in [0.3, 0.4) is 0 Å². The molecule has 56 valence electrons. The summed E-state index contributed by atoms with van der Waals surface area (Å²) in [5.74, 6) is 0. The van der Waals surface area contributed by atoms with Crippen molar-refractivity contribution in [3.05, 3.63) is 24.4 Å². The van der Waals surface area contributed by atoms with E-state index in [0.29, 0.717) is 6.54 Å². The normalized spacial score (nSPS) is 12.4. The molecule has 0 aliphatic rings. The topological polar surface area (TPSA) is 38.4 Å². The lowest BCUT2D eigenvalue weighted by molar-refractivity contribution is 1.01. The predicted octanol–water partition coefficient (Wildman–Crippen LogP) is 1.50. The zero-order valence-electron chi connectivity index (χ0n) is 6.38. The Labute approximate surface area is 62.1 Å². The van der Waals surface area contributed by atoms with Gasteiger partial charge < -0.3 is 5.73 Å². The van der Waals surface area contributed by atoms with Gasteiger partial charge in [0, 0.05) is 19.0 Å². The second kappa shape index (κ2) is 6.23. The maximum absolute atomic E-state index is 5.41. The lowest BCUT2D eigenvalue weighted by Crippen LogP contribution is -2.01. The van der Waals surface area contributed by atoms with Crippen LogP contribution in [0.2, 0.25) is 0 Å². The van der Waals surface area contributed by atoms with Crippen LogP contribution in [0.25, 0.3) is 0 Å². The van der Waals surface area contributed by atoms with Gasteiger partial charge in [-0.1, -0.05) is 19.1 Å². The third-order valence-electron chi connectivity index (χ3n) is 1.22. The highest BCUT2D eigenvalue weighted by molar-refractivity contribution is 5.72. The van der Waals surface area contributed by atoms with E-state index in [1.807, 2.05) is 6.08 Å². The van der Waals surface area contributed by atoms with Crippen molar-refractivity contribution in [2.24, 2.45) is 10.7 Å². The Balaban J connectivity index is 3.85. The van der Waals surface area contributed by atoms with Gasteiger partial charge in [-0.15, -0.1) is 0 Å². The van der Waals surface area contributed by atoms with Crippen molar-refractivity contribution >= 4 is 6.21 Å². The van der Waals surface area contributed by atoms with E-state index in [9.17, 15) is 0 Å². The fourth-order valence-corrected chi connectivity index (χ4v) is 0.540. The molecule has 0 bridgehead atoms. The fourth-order valence-electron chi connectivity index (χ4n) is 0.540. The molecule has 0 fully saturated rings. The Bertz CT molecular complexity index is 139. The molecule has 0 saturated carbocycles. The van der Waals surface area contributed by atoms with Gasteiger partial charge in [-0.05, 0) is 12.5 Å². The van der Waals surface area contributed by atoms with E-state index >= 15 is 0 Å². The Hall–Kier alpha value is -0.890. The van der Waals surface area contributed by atoms with Crippen LogP contribution in [0.15, 0.2) is 29.4 Å². The molecule has 0 aromatic rings. The molecule has 0 heterocycles. The van der Waals surface area contributed by atoms with E-state index in [1.165, 1.54) is 11.8 Å². The molecule has 2 nitrogen and oxygen atoms in total. The van der Waals surface area contributed by atoms with E-state index in [1.54, 1.807) is 6.21 Å². The maximum atomic E-state index is 5.41. The highest BCUT2D eigenvalue weighted by Crippen LogP contribution is 1.94. The maximum Gasteiger partial charge on any atom is 0.0267 e. The van der Waals surface area contributed by atoms with Gasteiger partial charge in [-0.3, -0.25) is 4.99 Å². The quantitative estimate of drug-likeness (QED) is 0.587. The zero-order chi connectivity index (χ0) is 7.82. The standard InChI is InChI=1S/C8H14N2/c1-3-8(7-9)5-6-10-4-2/h4-6H,2-3,7,9H2,1H3/b8-5+,10-6?. The SMILES string of the molecule is C=CN=C/C=C(\CC)CN. The van der Waals surface area contributed by atoms with Crippen LogP contribution in [0.4, 0.5) is 0 Å². The minimum Gasteiger partial charge on any atom is -0.327 e. The number of rotatable bonds is 4. The summed E-state index contributed by atoms with van der Waals surface area (Å²) >= 11 is 0. The van der Waals surface area contributed by atoms with Crippen molar-refractivity contribution < 1.29 is 0 Å². The van der Waals surface area contributed by atoms with Crippen LogP contribution in [-0.4, -0.2) is 12.8 Å². The van der Waals surface area contributed by atoms with Gasteiger partial charge in [0.1, 0.15) is 0 Å². The molecule has 2 N–H and O–H groups in total. The molecule has 0 atom stereocenters. The minimum atomic E-state index is 0.611. The van der Waals surface area contributed by atoms with Gasteiger partial charge in [0.25, 0.3) is 0 Å². The van der Waals surface area contributed by atoms with Crippen molar-refractivity contribution in [3.8, 4) is 0 Å². The highest BCUT2D eigenvalue weighted by Gasteiger charge is 1.84. The average molecular weight is 138 g/mol. The van der Waals surface area contributed by atoms with Crippen molar-refractivity contribution in [2.75, 3.05) is 6.54 Å². The lowest BCUT2D eigenvalue weighted by atomic mass is 10.2. The predicted molar refractivity (Wildman–Crippen MR) is 46.1 cm³/mol. The summed E-state index contributed by atoms with van der Waals surface area (Å²) in [6, 6.07) is 0.